The third kappa shape index (κ3) is 4.93. The zero-order valence-corrected chi connectivity index (χ0v) is 14.8. The Hall–Kier alpha value is -1.14. The quantitative estimate of drug-likeness (QED) is 0.796. The molecule has 6 nitrogen and oxygen atoms in total. The van der Waals surface area contributed by atoms with Crippen LogP contribution in [0.4, 0.5) is 0 Å². The van der Waals surface area contributed by atoms with E-state index in [1.54, 1.807) is 0 Å². The topological polar surface area (TPSA) is 55.9 Å². The minimum Gasteiger partial charge on any atom is -0.342 e. The van der Waals surface area contributed by atoms with Crippen LogP contribution >= 0.6 is 0 Å². The van der Waals surface area contributed by atoms with Gasteiger partial charge >= 0.3 is 0 Å². The van der Waals surface area contributed by atoms with Crippen LogP contribution in [0.1, 0.15) is 38.5 Å². The summed E-state index contributed by atoms with van der Waals surface area (Å²) >= 11 is 0. The predicted octanol–water partition coefficient (Wildman–Crippen LogP) is 0.533. The average Bonchev–Trinajstić information content (AvgIpc) is 3.14. The Bertz CT molecular complexity index is 423. The van der Waals surface area contributed by atoms with Gasteiger partial charge < -0.3 is 15.1 Å². The fourth-order valence-electron chi connectivity index (χ4n) is 4.04. The van der Waals surface area contributed by atoms with E-state index in [0.717, 1.165) is 71.6 Å². The van der Waals surface area contributed by atoms with Crippen LogP contribution in [0.2, 0.25) is 0 Å². The van der Waals surface area contributed by atoms with Gasteiger partial charge in [0.15, 0.2) is 0 Å². The summed E-state index contributed by atoms with van der Waals surface area (Å²) in [5.74, 6) is 1.24. The van der Waals surface area contributed by atoms with Crippen molar-refractivity contribution in [3.63, 3.8) is 0 Å². The van der Waals surface area contributed by atoms with Gasteiger partial charge in [-0.1, -0.05) is 0 Å². The number of hydrogen-bond acceptors (Lipinski definition) is 4. The number of amides is 2. The Kier molecular flexibility index (Phi) is 6.49. The van der Waals surface area contributed by atoms with E-state index in [2.05, 4.69) is 10.2 Å². The predicted molar refractivity (Wildman–Crippen MR) is 93.7 cm³/mol. The lowest BCUT2D eigenvalue weighted by molar-refractivity contribution is -0.135. The van der Waals surface area contributed by atoms with Crippen molar-refractivity contribution in [2.24, 2.45) is 5.92 Å². The Morgan fingerprint density at radius 3 is 2.25 bits per heavy atom. The molecule has 24 heavy (non-hydrogen) atoms. The largest absolute Gasteiger partial charge is 0.342 e. The highest BCUT2D eigenvalue weighted by Gasteiger charge is 2.25. The maximum atomic E-state index is 12.3. The standard InChI is InChI=1S/C18H32N4O2/c23-17(5-4-16-6-7-19-14-16)22-12-10-20(11-13-22)15-18(24)21-8-2-1-3-9-21/h16,19H,1-15H2. The van der Waals surface area contributed by atoms with Gasteiger partial charge in [0, 0.05) is 45.7 Å². The van der Waals surface area contributed by atoms with Crippen molar-refractivity contribution >= 4 is 11.8 Å². The monoisotopic (exact) mass is 336 g/mol. The Morgan fingerprint density at radius 2 is 1.58 bits per heavy atom. The summed E-state index contributed by atoms with van der Waals surface area (Å²) in [6, 6.07) is 0. The molecule has 0 saturated carbocycles. The van der Waals surface area contributed by atoms with Gasteiger partial charge in [0.1, 0.15) is 0 Å². The lowest BCUT2D eigenvalue weighted by Crippen LogP contribution is -2.52. The molecule has 3 rings (SSSR count). The molecule has 0 bridgehead atoms. The van der Waals surface area contributed by atoms with E-state index in [1.165, 1.54) is 12.8 Å². The average molecular weight is 336 g/mol. The number of likely N-dealkylation sites (tertiary alicyclic amines) is 1. The third-order valence-corrected chi connectivity index (χ3v) is 5.72. The Morgan fingerprint density at radius 1 is 0.875 bits per heavy atom. The second-order valence-electron chi connectivity index (χ2n) is 7.50. The molecule has 1 atom stereocenters. The fraction of sp³-hybridized carbons (Fsp3) is 0.889. The molecule has 0 aromatic heterocycles. The molecular weight excluding hydrogens is 304 g/mol. The van der Waals surface area contributed by atoms with Crippen LogP contribution in [0.25, 0.3) is 0 Å². The number of nitrogens with zero attached hydrogens (tertiary/aromatic N) is 3. The summed E-state index contributed by atoms with van der Waals surface area (Å²) in [7, 11) is 0. The van der Waals surface area contributed by atoms with Crippen LogP contribution in [0, 0.1) is 5.92 Å². The molecule has 0 spiro atoms. The summed E-state index contributed by atoms with van der Waals surface area (Å²) < 4.78 is 0. The van der Waals surface area contributed by atoms with Crippen molar-refractivity contribution in [1.29, 1.82) is 0 Å². The van der Waals surface area contributed by atoms with Gasteiger partial charge in [-0.3, -0.25) is 14.5 Å². The van der Waals surface area contributed by atoms with Gasteiger partial charge in [0.2, 0.25) is 11.8 Å². The van der Waals surface area contributed by atoms with Gasteiger partial charge in [0.25, 0.3) is 0 Å². The second kappa shape index (κ2) is 8.81. The Labute approximate surface area is 145 Å². The molecule has 3 aliphatic heterocycles. The van der Waals surface area contributed by atoms with E-state index < -0.39 is 0 Å². The minimum absolute atomic E-state index is 0.267. The van der Waals surface area contributed by atoms with Crippen molar-refractivity contribution in [3.05, 3.63) is 0 Å². The van der Waals surface area contributed by atoms with Gasteiger partial charge in [-0.25, -0.2) is 0 Å². The zero-order valence-electron chi connectivity index (χ0n) is 14.8. The minimum atomic E-state index is 0.267. The molecule has 0 aromatic rings. The molecule has 0 aliphatic carbocycles. The van der Waals surface area contributed by atoms with Gasteiger partial charge in [0.05, 0.1) is 6.54 Å². The molecular formula is C18H32N4O2. The highest BCUT2D eigenvalue weighted by molar-refractivity contribution is 5.78. The summed E-state index contributed by atoms with van der Waals surface area (Å²) in [5.41, 5.74) is 0. The third-order valence-electron chi connectivity index (χ3n) is 5.72. The van der Waals surface area contributed by atoms with E-state index in [0.29, 0.717) is 24.8 Å². The van der Waals surface area contributed by atoms with E-state index in [-0.39, 0.29) is 5.91 Å². The van der Waals surface area contributed by atoms with E-state index in [4.69, 9.17) is 0 Å². The summed E-state index contributed by atoms with van der Waals surface area (Å²) in [5, 5.41) is 3.36. The summed E-state index contributed by atoms with van der Waals surface area (Å²) in [6.45, 7) is 7.75. The lowest BCUT2D eigenvalue weighted by Gasteiger charge is -2.36. The number of piperazine rings is 1. The molecule has 6 heteroatoms. The molecule has 1 N–H and O–H groups in total. The maximum Gasteiger partial charge on any atom is 0.236 e. The Balaban J connectivity index is 1.34. The van der Waals surface area contributed by atoms with E-state index in [1.807, 2.05) is 9.80 Å². The molecule has 3 saturated heterocycles. The van der Waals surface area contributed by atoms with Crippen molar-refractivity contribution in [2.45, 2.75) is 38.5 Å². The SMILES string of the molecule is O=C(CCC1CCNC1)N1CCN(CC(=O)N2CCCCC2)CC1. The second-order valence-corrected chi connectivity index (χ2v) is 7.50. The van der Waals surface area contributed by atoms with Gasteiger partial charge in [-0.05, 0) is 51.1 Å². The maximum absolute atomic E-state index is 12.3. The van der Waals surface area contributed by atoms with Crippen LogP contribution in [0.5, 0.6) is 0 Å². The number of rotatable bonds is 5. The summed E-state index contributed by atoms with van der Waals surface area (Å²) in [4.78, 5) is 30.9. The van der Waals surface area contributed by atoms with Crippen molar-refractivity contribution in [1.82, 2.24) is 20.0 Å². The van der Waals surface area contributed by atoms with Crippen LogP contribution in [-0.2, 0) is 9.59 Å². The van der Waals surface area contributed by atoms with Crippen molar-refractivity contribution in [3.8, 4) is 0 Å². The molecule has 0 aromatic carbocycles. The fourth-order valence-corrected chi connectivity index (χ4v) is 4.04. The number of nitrogens with one attached hydrogen (secondary N) is 1. The van der Waals surface area contributed by atoms with Gasteiger partial charge in [-0.2, -0.15) is 0 Å². The molecule has 3 aliphatic rings. The number of carbonyl (C=O) groups is 2. The normalized spacial score (nSPS) is 25.9. The van der Waals surface area contributed by atoms with Gasteiger partial charge in [-0.15, -0.1) is 0 Å². The lowest BCUT2D eigenvalue weighted by atomic mass is 10.0. The molecule has 2 amide bonds. The van der Waals surface area contributed by atoms with Crippen LogP contribution < -0.4 is 5.32 Å². The first kappa shape index (κ1) is 17.7. The first-order valence-electron chi connectivity index (χ1n) is 9.71. The highest BCUT2D eigenvalue weighted by Crippen LogP contribution is 2.16. The zero-order chi connectivity index (χ0) is 16.8. The first-order chi connectivity index (χ1) is 11.7. The molecule has 1 unspecified atom stereocenters. The van der Waals surface area contributed by atoms with Crippen molar-refractivity contribution in [2.75, 3.05) is 58.9 Å². The van der Waals surface area contributed by atoms with Crippen molar-refractivity contribution < 1.29 is 9.59 Å². The molecule has 3 heterocycles. The number of carbonyl (C=O) groups excluding carboxylic acids is 2. The molecule has 3 fully saturated rings. The molecule has 136 valence electrons. The van der Waals surface area contributed by atoms with E-state index >= 15 is 0 Å². The smallest absolute Gasteiger partial charge is 0.236 e. The van der Waals surface area contributed by atoms with Crippen LogP contribution in [0.3, 0.4) is 0 Å². The van der Waals surface area contributed by atoms with Crippen LogP contribution in [0.15, 0.2) is 0 Å². The van der Waals surface area contributed by atoms with Crippen LogP contribution in [-0.4, -0.2) is 85.4 Å². The number of piperidine rings is 1. The highest BCUT2D eigenvalue weighted by atomic mass is 16.2. The first-order valence-corrected chi connectivity index (χ1v) is 9.71. The molecule has 0 radical (unpaired) electrons. The number of hydrogen-bond donors (Lipinski definition) is 1. The summed E-state index contributed by atoms with van der Waals surface area (Å²) in [6.07, 6.45) is 6.44. The van der Waals surface area contributed by atoms with E-state index in [9.17, 15) is 9.59 Å².